The number of phenols is 2. The van der Waals surface area contributed by atoms with Crippen molar-refractivity contribution in [2.45, 2.75) is 31.5 Å². The van der Waals surface area contributed by atoms with E-state index in [1.165, 1.54) is 12.1 Å². The summed E-state index contributed by atoms with van der Waals surface area (Å²) in [4.78, 5) is 0. The predicted octanol–water partition coefficient (Wildman–Crippen LogP) is -0.356. The quantitative estimate of drug-likeness (QED) is 0.227. The van der Waals surface area contributed by atoms with E-state index < -0.39 is 25.4 Å². The Hall–Kier alpha value is -2.52. The molecule has 0 aromatic heterocycles. The van der Waals surface area contributed by atoms with Crippen molar-refractivity contribution < 1.29 is 30.6 Å². The van der Waals surface area contributed by atoms with Crippen molar-refractivity contribution in [2.24, 2.45) is 0 Å². The molecule has 8 heteroatoms. The summed E-state index contributed by atoms with van der Waals surface area (Å²) in [7, 11) is 0. The minimum atomic E-state index is -1.03. The van der Waals surface area contributed by atoms with E-state index in [1.807, 2.05) is 0 Å². The molecule has 2 rings (SSSR count). The van der Waals surface area contributed by atoms with Crippen LogP contribution < -0.4 is 11.5 Å². The summed E-state index contributed by atoms with van der Waals surface area (Å²) in [5.74, 6) is -0.175. The zero-order chi connectivity index (χ0) is 20.1. The molecule has 0 saturated carbocycles. The highest BCUT2D eigenvalue weighted by Crippen LogP contribution is 2.34. The maximum Gasteiger partial charge on any atom is 0.122 e. The van der Waals surface area contributed by atoms with Crippen molar-refractivity contribution in [1.82, 2.24) is 0 Å². The minimum Gasteiger partial charge on any atom is -0.507 e. The lowest BCUT2D eigenvalue weighted by molar-refractivity contribution is 0.0950. The molecule has 0 aliphatic heterocycles. The Bertz CT molecular complexity index is 731. The van der Waals surface area contributed by atoms with Crippen LogP contribution in [0.2, 0.25) is 0 Å². The number of hydrogen-bond donors (Lipinski definition) is 8. The summed E-state index contributed by atoms with van der Waals surface area (Å²) in [5.41, 5.74) is 14.1. The SMILES string of the molecule is Nc1cc(Cc2cc(N)cc(CC(O)CO)c2O)c(O)c(CC(O)CO)c1. The molecule has 2 aromatic rings. The molecule has 0 aliphatic carbocycles. The van der Waals surface area contributed by atoms with Gasteiger partial charge >= 0.3 is 0 Å². The van der Waals surface area contributed by atoms with Crippen LogP contribution >= 0.6 is 0 Å². The standard InChI is InChI=1S/C19H26N2O6/c20-14-2-10(18(26)12(4-14)6-16(24)8-22)1-11-3-15(21)5-13(19(11)27)7-17(25)9-23/h2-5,16-17,22-27H,1,6-9,20-21H2. The van der Waals surface area contributed by atoms with E-state index in [1.54, 1.807) is 12.1 Å². The molecule has 0 amide bonds. The molecule has 2 atom stereocenters. The van der Waals surface area contributed by atoms with Crippen molar-refractivity contribution in [2.75, 3.05) is 24.7 Å². The number of phenolic OH excluding ortho intramolecular Hbond substituents is 2. The fourth-order valence-electron chi connectivity index (χ4n) is 3.00. The monoisotopic (exact) mass is 378 g/mol. The second kappa shape index (κ2) is 8.92. The normalized spacial score (nSPS) is 13.5. The molecule has 0 bridgehead atoms. The van der Waals surface area contributed by atoms with Crippen LogP contribution in [0, 0.1) is 0 Å². The fourth-order valence-corrected chi connectivity index (χ4v) is 3.00. The highest BCUT2D eigenvalue weighted by Gasteiger charge is 2.17. The van der Waals surface area contributed by atoms with Crippen molar-refractivity contribution in [3.05, 3.63) is 46.5 Å². The molecule has 0 aliphatic rings. The lowest BCUT2D eigenvalue weighted by Gasteiger charge is -2.16. The van der Waals surface area contributed by atoms with Crippen molar-refractivity contribution in [3.63, 3.8) is 0 Å². The van der Waals surface area contributed by atoms with Gasteiger partial charge < -0.3 is 42.1 Å². The van der Waals surface area contributed by atoms with Crippen LogP contribution in [0.5, 0.6) is 11.5 Å². The zero-order valence-electron chi connectivity index (χ0n) is 14.8. The summed E-state index contributed by atoms with van der Waals surface area (Å²) in [6.45, 7) is -0.897. The number of hydrogen-bond acceptors (Lipinski definition) is 8. The number of anilines is 2. The van der Waals surface area contributed by atoms with E-state index in [4.69, 9.17) is 21.7 Å². The molecule has 0 saturated heterocycles. The molecule has 27 heavy (non-hydrogen) atoms. The molecule has 10 N–H and O–H groups in total. The molecular formula is C19H26N2O6. The Morgan fingerprint density at radius 3 is 1.33 bits per heavy atom. The van der Waals surface area contributed by atoms with Crippen molar-refractivity contribution in [1.29, 1.82) is 0 Å². The molecule has 0 fully saturated rings. The first kappa shape index (κ1) is 20.8. The van der Waals surface area contributed by atoms with E-state index in [0.29, 0.717) is 33.6 Å². The molecule has 0 spiro atoms. The molecule has 2 aromatic carbocycles. The fraction of sp³-hybridized carbons (Fsp3) is 0.368. The van der Waals surface area contributed by atoms with E-state index in [-0.39, 0.29) is 30.8 Å². The first-order valence-electron chi connectivity index (χ1n) is 8.53. The zero-order valence-corrected chi connectivity index (χ0v) is 14.8. The predicted molar refractivity (Wildman–Crippen MR) is 101 cm³/mol. The van der Waals surface area contributed by atoms with Crippen molar-refractivity contribution >= 4 is 11.4 Å². The van der Waals surface area contributed by atoms with Crippen LogP contribution in [-0.2, 0) is 19.3 Å². The van der Waals surface area contributed by atoms with Gasteiger partial charge in [-0.15, -0.1) is 0 Å². The van der Waals surface area contributed by atoms with Gasteiger partial charge in [-0.3, -0.25) is 0 Å². The summed E-state index contributed by atoms with van der Waals surface area (Å²) < 4.78 is 0. The number of rotatable bonds is 8. The third-order valence-electron chi connectivity index (χ3n) is 4.29. The van der Waals surface area contributed by atoms with E-state index in [0.717, 1.165) is 0 Å². The number of nitrogens with two attached hydrogens (primary N) is 2. The molecule has 8 nitrogen and oxygen atoms in total. The Morgan fingerprint density at radius 1 is 0.667 bits per heavy atom. The number of benzene rings is 2. The number of nitrogen functional groups attached to an aromatic ring is 2. The Kier molecular flexibility index (Phi) is 6.86. The van der Waals surface area contributed by atoms with Gasteiger partial charge in [-0.25, -0.2) is 0 Å². The van der Waals surface area contributed by atoms with Gasteiger partial charge in [-0.1, -0.05) is 0 Å². The second-order valence-corrected chi connectivity index (χ2v) is 6.63. The third kappa shape index (κ3) is 5.24. The van der Waals surface area contributed by atoms with Crippen LogP contribution in [0.15, 0.2) is 24.3 Å². The molecular weight excluding hydrogens is 352 g/mol. The Balaban J connectivity index is 2.39. The number of aliphatic hydroxyl groups is 4. The van der Waals surface area contributed by atoms with E-state index >= 15 is 0 Å². The average Bonchev–Trinajstić information content (AvgIpc) is 2.62. The maximum atomic E-state index is 10.5. The van der Waals surface area contributed by atoms with Gasteiger partial charge in [0.05, 0.1) is 25.4 Å². The van der Waals surface area contributed by atoms with Gasteiger partial charge in [0.25, 0.3) is 0 Å². The van der Waals surface area contributed by atoms with Gasteiger partial charge in [-0.05, 0) is 35.4 Å². The molecule has 0 heterocycles. The summed E-state index contributed by atoms with van der Waals surface area (Å²) in [6, 6.07) is 6.13. The first-order valence-corrected chi connectivity index (χ1v) is 8.53. The minimum absolute atomic E-state index is 0.0250. The van der Waals surface area contributed by atoms with Crippen LogP contribution in [0.4, 0.5) is 11.4 Å². The van der Waals surface area contributed by atoms with Crippen LogP contribution in [0.25, 0.3) is 0 Å². The van der Waals surface area contributed by atoms with Crippen LogP contribution in [-0.4, -0.2) is 56.1 Å². The van der Waals surface area contributed by atoms with Crippen LogP contribution in [0.1, 0.15) is 22.3 Å². The third-order valence-corrected chi connectivity index (χ3v) is 4.29. The number of aliphatic hydroxyl groups excluding tert-OH is 4. The summed E-state index contributed by atoms with van der Waals surface area (Å²) >= 11 is 0. The van der Waals surface area contributed by atoms with E-state index in [9.17, 15) is 20.4 Å². The highest BCUT2D eigenvalue weighted by molar-refractivity contribution is 5.58. The molecule has 148 valence electrons. The lowest BCUT2D eigenvalue weighted by Crippen LogP contribution is -2.16. The summed E-state index contributed by atoms with van der Waals surface area (Å²) in [5, 5.41) is 58.3. The van der Waals surface area contributed by atoms with Gasteiger partial charge in [0.15, 0.2) is 0 Å². The molecule has 0 radical (unpaired) electrons. The van der Waals surface area contributed by atoms with Gasteiger partial charge in [0, 0.05) is 41.8 Å². The summed E-state index contributed by atoms with van der Waals surface area (Å²) in [6.07, 6.45) is -1.90. The average molecular weight is 378 g/mol. The smallest absolute Gasteiger partial charge is 0.122 e. The first-order chi connectivity index (χ1) is 12.7. The largest absolute Gasteiger partial charge is 0.507 e. The van der Waals surface area contributed by atoms with E-state index in [2.05, 4.69) is 0 Å². The molecule has 2 unspecified atom stereocenters. The highest BCUT2D eigenvalue weighted by atomic mass is 16.3. The second-order valence-electron chi connectivity index (χ2n) is 6.63. The van der Waals surface area contributed by atoms with Gasteiger partial charge in [0.2, 0.25) is 0 Å². The van der Waals surface area contributed by atoms with Gasteiger partial charge in [-0.2, -0.15) is 0 Å². The Morgan fingerprint density at radius 2 is 1.00 bits per heavy atom. The van der Waals surface area contributed by atoms with Crippen molar-refractivity contribution in [3.8, 4) is 11.5 Å². The number of aromatic hydroxyl groups is 2. The van der Waals surface area contributed by atoms with Crippen LogP contribution in [0.3, 0.4) is 0 Å². The maximum absolute atomic E-state index is 10.5. The Labute approximate surface area is 156 Å². The topological polar surface area (TPSA) is 173 Å². The van der Waals surface area contributed by atoms with Gasteiger partial charge in [0.1, 0.15) is 11.5 Å². The lowest BCUT2D eigenvalue weighted by atomic mass is 9.94.